The molecule has 0 bridgehead atoms. The van der Waals surface area contributed by atoms with Crippen molar-refractivity contribution in [3.8, 4) is 0 Å². The van der Waals surface area contributed by atoms with Crippen molar-refractivity contribution in [2.75, 3.05) is 13.6 Å². The number of amides is 1. The molecule has 0 fully saturated rings. The van der Waals surface area contributed by atoms with Crippen molar-refractivity contribution in [2.24, 2.45) is 22.2 Å². The lowest BCUT2D eigenvalue weighted by Gasteiger charge is -2.33. The molecule has 0 heterocycles. The lowest BCUT2D eigenvalue weighted by Crippen LogP contribution is -2.50. The molecular weight excluding hydrogens is 230 g/mol. The first kappa shape index (κ1) is 16.7. The third kappa shape index (κ3) is 3.62. The van der Waals surface area contributed by atoms with Crippen molar-refractivity contribution in [1.82, 2.24) is 4.90 Å². The summed E-state index contributed by atoms with van der Waals surface area (Å²) in [5.41, 5.74) is 4.85. The Morgan fingerprint density at radius 1 is 1.39 bits per heavy atom. The second-order valence-corrected chi connectivity index (χ2v) is 5.18. The van der Waals surface area contributed by atoms with E-state index in [0.29, 0.717) is 25.3 Å². The highest BCUT2D eigenvalue weighted by atomic mass is 16.4. The molecule has 0 aliphatic heterocycles. The topological polar surface area (TPSA) is 78.9 Å². The Hall–Kier alpha value is -1.26. The van der Waals surface area contributed by atoms with Crippen LogP contribution in [-0.4, -0.2) is 35.4 Å². The predicted octanol–water partition coefficient (Wildman–Crippen LogP) is 2.04. The van der Waals surface area contributed by atoms with Crippen LogP contribution in [0.5, 0.6) is 0 Å². The second kappa shape index (κ2) is 7.24. The van der Waals surface area contributed by atoms with E-state index in [9.17, 15) is 4.79 Å². The van der Waals surface area contributed by atoms with E-state index in [1.807, 2.05) is 13.8 Å². The van der Waals surface area contributed by atoms with E-state index in [0.717, 1.165) is 6.42 Å². The molecule has 0 aromatic heterocycles. The summed E-state index contributed by atoms with van der Waals surface area (Å²) in [5.74, 6) is 0.485. The number of carbonyl (C=O) groups excluding carboxylic acids is 1. The summed E-state index contributed by atoms with van der Waals surface area (Å²) in [5, 5.41) is 11.9. The first-order valence-electron chi connectivity index (χ1n) is 6.59. The van der Waals surface area contributed by atoms with Gasteiger partial charge in [-0.15, -0.1) is 0 Å². The molecule has 0 aromatic rings. The lowest BCUT2D eigenvalue weighted by molar-refractivity contribution is -0.137. The van der Waals surface area contributed by atoms with Gasteiger partial charge in [0.2, 0.25) is 5.91 Å². The van der Waals surface area contributed by atoms with E-state index in [1.54, 1.807) is 11.9 Å². The third-order valence-corrected chi connectivity index (χ3v) is 3.60. The average molecular weight is 257 g/mol. The van der Waals surface area contributed by atoms with E-state index in [1.165, 1.54) is 0 Å². The molecule has 0 saturated heterocycles. The number of hydrogen-bond acceptors (Lipinski definition) is 3. The summed E-state index contributed by atoms with van der Waals surface area (Å²) in [6, 6.07) is 0. The van der Waals surface area contributed by atoms with Crippen molar-refractivity contribution in [3.05, 3.63) is 0 Å². The number of hydrogen-bond donors (Lipinski definition) is 2. The minimum absolute atomic E-state index is 0.00824. The molecule has 106 valence electrons. The van der Waals surface area contributed by atoms with Gasteiger partial charge in [-0.05, 0) is 25.2 Å². The Bertz CT molecular complexity index is 297. The summed E-state index contributed by atoms with van der Waals surface area (Å²) in [7, 11) is 1.77. The predicted molar refractivity (Wildman–Crippen MR) is 73.5 cm³/mol. The van der Waals surface area contributed by atoms with Gasteiger partial charge in [0.05, 0.1) is 0 Å². The zero-order valence-corrected chi connectivity index (χ0v) is 12.2. The van der Waals surface area contributed by atoms with E-state index < -0.39 is 5.41 Å². The number of carbonyl (C=O) groups is 1. The maximum Gasteiger partial charge on any atom is 0.236 e. The van der Waals surface area contributed by atoms with Crippen molar-refractivity contribution in [2.45, 2.75) is 47.0 Å². The summed E-state index contributed by atoms with van der Waals surface area (Å²) < 4.78 is 0. The number of nitrogens with two attached hydrogens (primary N) is 1. The van der Waals surface area contributed by atoms with Crippen molar-refractivity contribution in [1.29, 1.82) is 0 Å². The van der Waals surface area contributed by atoms with Crippen LogP contribution >= 0.6 is 0 Å². The molecule has 1 amide bonds. The van der Waals surface area contributed by atoms with Gasteiger partial charge < -0.3 is 15.8 Å². The van der Waals surface area contributed by atoms with Crippen molar-refractivity contribution in [3.63, 3.8) is 0 Å². The first-order chi connectivity index (χ1) is 8.35. The monoisotopic (exact) mass is 257 g/mol. The molecule has 0 aliphatic carbocycles. The summed E-state index contributed by atoms with van der Waals surface area (Å²) >= 11 is 0. The van der Waals surface area contributed by atoms with Gasteiger partial charge in [0.25, 0.3) is 0 Å². The first-order valence-corrected chi connectivity index (χ1v) is 6.59. The molecule has 0 spiro atoms. The molecule has 5 heteroatoms. The van der Waals surface area contributed by atoms with Gasteiger partial charge >= 0.3 is 0 Å². The highest BCUT2D eigenvalue weighted by Crippen LogP contribution is 2.29. The van der Waals surface area contributed by atoms with Gasteiger partial charge in [0.15, 0.2) is 5.84 Å². The highest BCUT2D eigenvalue weighted by Gasteiger charge is 2.41. The Morgan fingerprint density at radius 3 is 2.22 bits per heavy atom. The normalized spacial score (nSPS) is 12.9. The van der Waals surface area contributed by atoms with Crippen LogP contribution in [0.3, 0.4) is 0 Å². The van der Waals surface area contributed by atoms with E-state index in [4.69, 9.17) is 10.9 Å². The Kier molecular flexibility index (Phi) is 6.73. The maximum absolute atomic E-state index is 12.5. The number of nitrogens with zero attached hydrogens (tertiary/aromatic N) is 2. The summed E-state index contributed by atoms with van der Waals surface area (Å²) in [6.07, 6.45) is 2.01. The highest BCUT2D eigenvalue weighted by molar-refractivity contribution is 6.06. The van der Waals surface area contributed by atoms with Gasteiger partial charge in [-0.3, -0.25) is 4.79 Å². The SMILES string of the molecule is CCC(CC)(C(=O)N(C)CCC(C)C)C(N)=NO. The van der Waals surface area contributed by atoms with Crippen LogP contribution in [0.15, 0.2) is 5.16 Å². The fourth-order valence-electron chi connectivity index (χ4n) is 2.04. The molecule has 0 aliphatic rings. The Morgan fingerprint density at radius 2 is 1.89 bits per heavy atom. The van der Waals surface area contributed by atoms with Crippen LogP contribution in [-0.2, 0) is 4.79 Å². The van der Waals surface area contributed by atoms with Crippen LogP contribution < -0.4 is 5.73 Å². The number of amidine groups is 1. The average Bonchev–Trinajstić information content (AvgIpc) is 2.37. The van der Waals surface area contributed by atoms with Crippen LogP contribution in [0.4, 0.5) is 0 Å². The minimum Gasteiger partial charge on any atom is -0.409 e. The molecule has 0 radical (unpaired) electrons. The molecule has 5 nitrogen and oxygen atoms in total. The van der Waals surface area contributed by atoms with E-state index >= 15 is 0 Å². The molecule has 0 unspecified atom stereocenters. The molecule has 0 rings (SSSR count). The zero-order valence-electron chi connectivity index (χ0n) is 12.2. The second-order valence-electron chi connectivity index (χ2n) is 5.18. The van der Waals surface area contributed by atoms with Crippen LogP contribution in [0, 0.1) is 11.3 Å². The van der Waals surface area contributed by atoms with E-state index in [-0.39, 0.29) is 11.7 Å². The molecule has 0 aromatic carbocycles. The molecular formula is C13H27N3O2. The quantitative estimate of drug-likeness (QED) is 0.317. The minimum atomic E-state index is -0.875. The zero-order chi connectivity index (χ0) is 14.3. The molecule has 18 heavy (non-hydrogen) atoms. The number of oxime groups is 1. The third-order valence-electron chi connectivity index (χ3n) is 3.60. The van der Waals surface area contributed by atoms with Gasteiger partial charge in [-0.25, -0.2) is 0 Å². The fourth-order valence-corrected chi connectivity index (χ4v) is 2.04. The van der Waals surface area contributed by atoms with Gasteiger partial charge in [0, 0.05) is 13.6 Å². The maximum atomic E-state index is 12.5. The molecule has 0 atom stereocenters. The van der Waals surface area contributed by atoms with Gasteiger partial charge in [-0.1, -0.05) is 32.9 Å². The fraction of sp³-hybridized carbons (Fsp3) is 0.846. The van der Waals surface area contributed by atoms with Crippen molar-refractivity contribution < 1.29 is 10.0 Å². The summed E-state index contributed by atoms with van der Waals surface area (Å²) in [4.78, 5) is 14.2. The largest absolute Gasteiger partial charge is 0.409 e. The lowest BCUT2D eigenvalue weighted by atomic mass is 9.79. The number of rotatable bonds is 7. The summed E-state index contributed by atoms with van der Waals surface area (Å²) in [6.45, 7) is 8.70. The van der Waals surface area contributed by atoms with Crippen molar-refractivity contribution >= 4 is 11.7 Å². The van der Waals surface area contributed by atoms with Gasteiger partial charge in [0.1, 0.15) is 5.41 Å². The Labute approximate surface area is 110 Å². The molecule has 3 N–H and O–H groups in total. The van der Waals surface area contributed by atoms with E-state index in [2.05, 4.69) is 19.0 Å². The van der Waals surface area contributed by atoms with Crippen LogP contribution in [0.2, 0.25) is 0 Å². The standard InChI is InChI=1S/C13H27N3O2/c1-6-13(7-2,11(14)15-18)12(17)16(5)9-8-10(3)4/h10,18H,6-9H2,1-5H3,(H2,14,15). The Balaban J connectivity index is 4.98. The van der Waals surface area contributed by atoms with Gasteiger partial charge in [-0.2, -0.15) is 0 Å². The van der Waals surface area contributed by atoms with Crippen LogP contribution in [0.25, 0.3) is 0 Å². The molecule has 0 saturated carbocycles. The van der Waals surface area contributed by atoms with Crippen LogP contribution in [0.1, 0.15) is 47.0 Å². The smallest absolute Gasteiger partial charge is 0.236 e.